The minimum atomic E-state index is -0.142. The number of hydrogen-bond acceptors (Lipinski definition) is 1. The predicted octanol–water partition coefficient (Wildman–Crippen LogP) is 12.4. The lowest BCUT2D eigenvalue weighted by atomic mass is 9.77. The van der Waals surface area contributed by atoms with Crippen molar-refractivity contribution >= 4 is 64.6 Å². The van der Waals surface area contributed by atoms with Crippen LogP contribution in [0.25, 0.3) is 64.6 Å². The first-order valence-electron chi connectivity index (χ1n) is 17.2. The average Bonchev–Trinajstić information content (AvgIpc) is 3.10. The number of benzene rings is 8. The van der Waals surface area contributed by atoms with Crippen LogP contribution in [0.4, 0.5) is 0 Å². The van der Waals surface area contributed by atoms with E-state index in [0.717, 1.165) is 19.4 Å². The van der Waals surface area contributed by atoms with Crippen molar-refractivity contribution in [2.75, 3.05) is 6.54 Å². The van der Waals surface area contributed by atoms with Gasteiger partial charge in [0.05, 0.1) is 0 Å². The molecular weight excluding hydrogens is 567 g/mol. The summed E-state index contributed by atoms with van der Waals surface area (Å²) >= 11 is 0. The van der Waals surface area contributed by atoms with Gasteiger partial charge in [0.25, 0.3) is 0 Å². The molecule has 8 aromatic rings. The molecule has 0 saturated carbocycles. The van der Waals surface area contributed by atoms with Gasteiger partial charge in [0, 0.05) is 5.54 Å². The van der Waals surface area contributed by atoms with Crippen LogP contribution < -0.4 is 5.32 Å². The van der Waals surface area contributed by atoms with Crippen molar-refractivity contribution < 1.29 is 0 Å². The van der Waals surface area contributed by atoms with E-state index < -0.39 is 0 Å². The molecular formula is C46H43N. The van der Waals surface area contributed by atoms with Crippen molar-refractivity contribution in [1.29, 1.82) is 0 Å². The molecule has 0 saturated heterocycles. The van der Waals surface area contributed by atoms with Crippen molar-refractivity contribution in [2.24, 2.45) is 0 Å². The lowest BCUT2D eigenvalue weighted by molar-refractivity contribution is 0.407. The van der Waals surface area contributed by atoms with Crippen LogP contribution >= 0.6 is 0 Å². The van der Waals surface area contributed by atoms with Crippen LogP contribution in [-0.4, -0.2) is 6.54 Å². The molecule has 1 N–H and O–H groups in total. The van der Waals surface area contributed by atoms with Crippen molar-refractivity contribution in [3.8, 4) is 0 Å². The summed E-state index contributed by atoms with van der Waals surface area (Å²) in [7, 11) is 0. The van der Waals surface area contributed by atoms with Gasteiger partial charge in [0.2, 0.25) is 0 Å². The van der Waals surface area contributed by atoms with E-state index in [4.69, 9.17) is 0 Å². The zero-order valence-corrected chi connectivity index (χ0v) is 28.2. The quantitative estimate of drug-likeness (QED) is 0.177. The highest BCUT2D eigenvalue weighted by molar-refractivity contribution is 6.27. The minimum Gasteiger partial charge on any atom is -0.308 e. The number of fused-ring (bicyclic) bond motifs is 12. The summed E-state index contributed by atoms with van der Waals surface area (Å²) in [5, 5.41) is 19.8. The zero-order chi connectivity index (χ0) is 32.3. The molecule has 0 heterocycles. The van der Waals surface area contributed by atoms with Crippen LogP contribution in [0.15, 0.2) is 127 Å². The van der Waals surface area contributed by atoms with Gasteiger partial charge in [-0.2, -0.15) is 0 Å². The third kappa shape index (κ3) is 4.88. The number of rotatable bonds is 7. The maximum Gasteiger partial charge on any atom is 0.0383 e. The summed E-state index contributed by atoms with van der Waals surface area (Å²) < 4.78 is 0. The van der Waals surface area contributed by atoms with Gasteiger partial charge < -0.3 is 5.32 Å². The normalized spacial score (nSPS) is 12.7. The summed E-state index contributed by atoms with van der Waals surface area (Å²) in [5.74, 6) is 0. The topological polar surface area (TPSA) is 12.0 Å². The average molecular weight is 610 g/mol. The Morgan fingerprint density at radius 1 is 0.468 bits per heavy atom. The Morgan fingerprint density at radius 3 is 1.53 bits per heavy atom. The molecule has 232 valence electrons. The summed E-state index contributed by atoms with van der Waals surface area (Å²) in [6, 6.07) is 48.0. The molecule has 0 unspecified atom stereocenters. The van der Waals surface area contributed by atoms with Gasteiger partial charge in [-0.05, 0) is 126 Å². The largest absolute Gasteiger partial charge is 0.308 e. The number of nitrogens with one attached hydrogen (secondary N) is 1. The maximum absolute atomic E-state index is 3.82. The fourth-order valence-electron chi connectivity index (χ4n) is 8.16. The standard InChI is InChI=1S/C46H43N/c1-6-26-47-46(4,5)43-21-13-20-39-35-17-10-12-19-37(35)41-27-30(22-24-40(41)44(39)43)29-45(2,3)31-23-25-38-34-16-8-7-14-32(34)33-15-9-11-18-36(33)42(38)28-31/h7-25,27-28,47H,6,26,29H2,1-5H3. The van der Waals surface area contributed by atoms with E-state index in [-0.39, 0.29) is 11.0 Å². The molecule has 1 nitrogen and oxygen atoms in total. The smallest absolute Gasteiger partial charge is 0.0383 e. The Kier molecular flexibility index (Phi) is 7.08. The maximum atomic E-state index is 3.82. The fourth-order valence-corrected chi connectivity index (χ4v) is 8.16. The second-order valence-corrected chi connectivity index (χ2v) is 14.6. The highest BCUT2D eigenvalue weighted by Gasteiger charge is 2.26. The molecule has 8 aromatic carbocycles. The molecule has 0 bridgehead atoms. The van der Waals surface area contributed by atoms with E-state index in [0.29, 0.717) is 0 Å². The van der Waals surface area contributed by atoms with Crippen LogP contribution in [0.5, 0.6) is 0 Å². The number of hydrogen-bond donors (Lipinski definition) is 1. The molecule has 0 spiro atoms. The van der Waals surface area contributed by atoms with E-state index in [2.05, 4.69) is 167 Å². The van der Waals surface area contributed by atoms with E-state index in [1.807, 2.05) is 0 Å². The Hall–Kier alpha value is -4.72. The highest BCUT2D eigenvalue weighted by Crippen LogP contribution is 2.42. The molecule has 0 aliphatic carbocycles. The Bertz CT molecular complexity index is 2440. The van der Waals surface area contributed by atoms with Gasteiger partial charge in [-0.25, -0.2) is 0 Å². The molecule has 0 amide bonds. The Labute approximate surface area is 278 Å². The molecule has 0 aromatic heterocycles. The molecule has 47 heavy (non-hydrogen) atoms. The monoisotopic (exact) mass is 609 g/mol. The first-order chi connectivity index (χ1) is 22.8. The van der Waals surface area contributed by atoms with E-state index in [1.54, 1.807) is 0 Å². The van der Waals surface area contributed by atoms with Crippen LogP contribution in [0.3, 0.4) is 0 Å². The van der Waals surface area contributed by atoms with Gasteiger partial charge >= 0.3 is 0 Å². The van der Waals surface area contributed by atoms with E-state index in [1.165, 1.54) is 81.3 Å². The third-order valence-electron chi connectivity index (χ3n) is 10.6. The van der Waals surface area contributed by atoms with Crippen LogP contribution in [0.1, 0.15) is 57.7 Å². The van der Waals surface area contributed by atoms with Gasteiger partial charge in [0.15, 0.2) is 0 Å². The molecule has 0 aliphatic heterocycles. The van der Waals surface area contributed by atoms with Crippen LogP contribution in [-0.2, 0) is 17.4 Å². The summed E-state index contributed by atoms with van der Waals surface area (Å²) in [6.07, 6.45) is 2.07. The highest BCUT2D eigenvalue weighted by atomic mass is 14.9. The predicted molar refractivity (Wildman–Crippen MR) is 206 cm³/mol. The molecule has 0 atom stereocenters. The lowest BCUT2D eigenvalue weighted by Crippen LogP contribution is -2.37. The second kappa shape index (κ2) is 11.2. The first kappa shape index (κ1) is 29.7. The third-order valence-corrected chi connectivity index (χ3v) is 10.6. The molecule has 1 heteroatoms. The fraction of sp³-hybridized carbons (Fsp3) is 0.217. The Balaban J connectivity index is 1.28. The summed E-state index contributed by atoms with van der Waals surface area (Å²) in [5.41, 5.74) is 3.91. The van der Waals surface area contributed by atoms with Gasteiger partial charge in [0.1, 0.15) is 0 Å². The van der Waals surface area contributed by atoms with Gasteiger partial charge in [-0.1, -0.05) is 142 Å². The summed E-state index contributed by atoms with van der Waals surface area (Å²) in [4.78, 5) is 0. The van der Waals surface area contributed by atoms with E-state index in [9.17, 15) is 0 Å². The summed E-state index contributed by atoms with van der Waals surface area (Å²) in [6.45, 7) is 12.7. The van der Waals surface area contributed by atoms with Crippen molar-refractivity contribution in [3.05, 3.63) is 144 Å². The van der Waals surface area contributed by atoms with Crippen LogP contribution in [0, 0.1) is 0 Å². The first-order valence-corrected chi connectivity index (χ1v) is 17.2. The second-order valence-electron chi connectivity index (χ2n) is 14.6. The molecule has 8 rings (SSSR count). The molecule has 0 fully saturated rings. The van der Waals surface area contributed by atoms with Crippen molar-refractivity contribution in [2.45, 2.75) is 58.4 Å². The van der Waals surface area contributed by atoms with Gasteiger partial charge in [-0.3, -0.25) is 0 Å². The van der Waals surface area contributed by atoms with Crippen molar-refractivity contribution in [1.82, 2.24) is 5.32 Å². The molecule has 0 aliphatic rings. The SMILES string of the molecule is CCCNC(C)(C)c1cccc2c3ccccc3c3cc(CC(C)(C)c4ccc5c6ccccc6c6ccccc6c5c4)ccc3c12. The molecule has 0 radical (unpaired) electrons. The lowest BCUT2D eigenvalue weighted by Gasteiger charge is -2.30. The van der Waals surface area contributed by atoms with Crippen molar-refractivity contribution in [3.63, 3.8) is 0 Å². The minimum absolute atomic E-state index is 0.0571. The van der Waals surface area contributed by atoms with Crippen LogP contribution in [0.2, 0.25) is 0 Å². The Morgan fingerprint density at radius 2 is 0.936 bits per heavy atom. The van der Waals surface area contributed by atoms with E-state index >= 15 is 0 Å². The zero-order valence-electron chi connectivity index (χ0n) is 28.2. The van der Waals surface area contributed by atoms with Gasteiger partial charge in [-0.15, -0.1) is 0 Å².